The molecular formula is C25H19N3O3S. The smallest absolute Gasteiger partial charge is 0.349 e. The van der Waals surface area contributed by atoms with E-state index in [1.165, 1.54) is 16.2 Å². The van der Waals surface area contributed by atoms with Crippen LogP contribution in [-0.2, 0) is 6.54 Å². The lowest BCUT2D eigenvalue weighted by Crippen LogP contribution is -2.33. The highest BCUT2D eigenvalue weighted by molar-refractivity contribution is 7.22. The van der Waals surface area contributed by atoms with E-state index in [2.05, 4.69) is 11.1 Å². The number of hydrogen-bond acceptors (Lipinski definition) is 6. The first kappa shape index (κ1) is 20.1. The average molecular weight is 442 g/mol. The van der Waals surface area contributed by atoms with Crippen molar-refractivity contribution in [2.75, 3.05) is 4.90 Å². The van der Waals surface area contributed by atoms with Crippen molar-refractivity contribution in [1.29, 1.82) is 0 Å². The number of pyridine rings is 1. The number of hydrogen-bond donors (Lipinski definition) is 0. The largest absolute Gasteiger partial charge is 0.422 e. The molecule has 32 heavy (non-hydrogen) atoms. The summed E-state index contributed by atoms with van der Waals surface area (Å²) in [5.74, 6) is -0.470. The van der Waals surface area contributed by atoms with Crippen LogP contribution < -0.4 is 10.5 Å². The Kier molecular flexibility index (Phi) is 5.03. The van der Waals surface area contributed by atoms with E-state index in [0.29, 0.717) is 21.8 Å². The minimum atomic E-state index is -0.674. The molecule has 0 saturated heterocycles. The third kappa shape index (κ3) is 3.67. The normalized spacial score (nSPS) is 11.2. The molecule has 0 saturated carbocycles. The molecule has 0 aliphatic rings. The van der Waals surface area contributed by atoms with Crippen LogP contribution in [0.3, 0.4) is 0 Å². The van der Waals surface area contributed by atoms with Crippen molar-refractivity contribution >= 4 is 43.6 Å². The summed E-state index contributed by atoms with van der Waals surface area (Å²) in [4.78, 5) is 36.9. The van der Waals surface area contributed by atoms with Gasteiger partial charge in [0, 0.05) is 11.6 Å². The van der Waals surface area contributed by atoms with Gasteiger partial charge in [-0.15, -0.1) is 0 Å². The molecule has 0 atom stereocenters. The van der Waals surface area contributed by atoms with Crippen molar-refractivity contribution in [3.05, 3.63) is 99.7 Å². The van der Waals surface area contributed by atoms with Crippen molar-refractivity contribution in [2.24, 2.45) is 0 Å². The van der Waals surface area contributed by atoms with Gasteiger partial charge in [-0.05, 0) is 61.4 Å². The Hall–Kier alpha value is -3.84. The summed E-state index contributed by atoms with van der Waals surface area (Å²) >= 11 is 1.41. The molecular weight excluding hydrogens is 422 g/mol. The number of aryl methyl sites for hydroxylation is 2. The van der Waals surface area contributed by atoms with E-state index in [1.807, 2.05) is 44.2 Å². The van der Waals surface area contributed by atoms with Crippen molar-refractivity contribution < 1.29 is 9.21 Å². The summed E-state index contributed by atoms with van der Waals surface area (Å²) in [6.07, 6.45) is 1.67. The number of benzene rings is 2. The van der Waals surface area contributed by atoms with E-state index in [4.69, 9.17) is 9.40 Å². The minimum absolute atomic E-state index is 0.0359. The maximum Gasteiger partial charge on any atom is 0.349 e. The summed E-state index contributed by atoms with van der Waals surface area (Å²) in [5, 5.41) is 1.19. The molecule has 3 heterocycles. The number of amides is 1. The lowest BCUT2D eigenvalue weighted by molar-refractivity contribution is 0.0981. The van der Waals surface area contributed by atoms with Gasteiger partial charge in [0.1, 0.15) is 11.1 Å². The predicted molar refractivity (Wildman–Crippen MR) is 126 cm³/mol. The number of para-hydroxylation sites is 1. The number of anilines is 1. The Morgan fingerprint density at radius 2 is 1.81 bits per heavy atom. The van der Waals surface area contributed by atoms with Crippen LogP contribution in [-0.4, -0.2) is 15.9 Å². The van der Waals surface area contributed by atoms with E-state index < -0.39 is 11.5 Å². The third-order valence-electron chi connectivity index (χ3n) is 5.39. The summed E-state index contributed by atoms with van der Waals surface area (Å²) in [6.45, 7) is 4.26. The van der Waals surface area contributed by atoms with Gasteiger partial charge in [0.05, 0.1) is 22.5 Å². The molecule has 0 bridgehead atoms. The van der Waals surface area contributed by atoms with Crippen LogP contribution in [0.4, 0.5) is 5.13 Å². The molecule has 5 aromatic rings. The number of thiazole rings is 1. The first-order valence-electron chi connectivity index (χ1n) is 10.1. The number of carbonyl (C=O) groups excluding carboxylic acids is 1. The number of rotatable bonds is 4. The van der Waals surface area contributed by atoms with Gasteiger partial charge in [0.15, 0.2) is 5.13 Å². The van der Waals surface area contributed by atoms with Crippen LogP contribution in [0, 0.1) is 13.8 Å². The Morgan fingerprint density at radius 1 is 1.03 bits per heavy atom. The Labute approximate surface area is 187 Å². The molecule has 0 aliphatic carbocycles. The number of fused-ring (bicyclic) bond motifs is 2. The van der Waals surface area contributed by atoms with E-state index in [-0.39, 0.29) is 12.1 Å². The van der Waals surface area contributed by atoms with Crippen molar-refractivity contribution in [1.82, 2.24) is 9.97 Å². The van der Waals surface area contributed by atoms with Crippen molar-refractivity contribution in [3.63, 3.8) is 0 Å². The fraction of sp³-hybridized carbons (Fsp3) is 0.120. The van der Waals surface area contributed by atoms with E-state index in [9.17, 15) is 9.59 Å². The molecule has 3 aromatic heterocycles. The van der Waals surface area contributed by atoms with Crippen molar-refractivity contribution in [2.45, 2.75) is 20.4 Å². The molecule has 0 spiro atoms. The van der Waals surface area contributed by atoms with Gasteiger partial charge < -0.3 is 4.42 Å². The van der Waals surface area contributed by atoms with Gasteiger partial charge in [-0.3, -0.25) is 14.7 Å². The summed E-state index contributed by atoms with van der Waals surface area (Å²) in [6, 6.07) is 18.3. The molecule has 2 aromatic carbocycles. The lowest BCUT2D eigenvalue weighted by Gasteiger charge is -2.19. The Balaban J connectivity index is 1.64. The van der Waals surface area contributed by atoms with Gasteiger partial charge in [-0.25, -0.2) is 9.78 Å². The fourth-order valence-electron chi connectivity index (χ4n) is 3.52. The van der Waals surface area contributed by atoms with Crippen LogP contribution >= 0.6 is 11.3 Å². The number of nitrogens with zero attached hydrogens (tertiary/aromatic N) is 3. The third-order valence-corrected chi connectivity index (χ3v) is 6.43. The summed E-state index contributed by atoms with van der Waals surface area (Å²) in [5.41, 5.74) is 3.53. The first-order chi connectivity index (χ1) is 15.5. The zero-order valence-corrected chi connectivity index (χ0v) is 18.3. The second-order valence-electron chi connectivity index (χ2n) is 7.60. The highest BCUT2D eigenvalue weighted by Gasteiger charge is 2.25. The molecule has 158 valence electrons. The number of aromatic nitrogens is 2. The second kappa shape index (κ2) is 8.01. The van der Waals surface area contributed by atoms with Gasteiger partial charge >= 0.3 is 5.63 Å². The predicted octanol–water partition coefficient (Wildman–Crippen LogP) is 5.26. The Morgan fingerprint density at radius 3 is 2.62 bits per heavy atom. The molecule has 0 N–H and O–H groups in total. The zero-order valence-electron chi connectivity index (χ0n) is 17.5. The second-order valence-corrected chi connectivity index (χ2v) is 8.61. The molecule has 0 radical (unpaired) electrons. The van der Waals surface area contributed by atoms with Gasteiger partial charge in [0.25, 0.3) is 5.91 Å². The quantitative estimate of drug-likeness (QED) is 0.356. The SMILES string of the molecule is Cc1cc2nc(N(Cc3ccccn3)C(=O)c3cc4ccccc4oc3=O)sc2cc1C. The van der Waals surface area contributed by atoms with E-state index >= 15 is 0 Å². The monoisotopic (exact) mass is 441 g/mol. The highest BCUT2D eigenvalue weighted by Crippen LogP contribution is 2.32. The molecule has 7 heteroatoms. The molecule has 0 aliphatic heterocycles. The standard InChI is InChI=1S/C25H19N3O3S/c1-15-11-20-22(12-16(15)2)32-25(27-20)28(14-18-8-5-6-10-26-18)23(29)19-13-17-7-3-4-9-21(17)31-24(19)30/h3-13H,14H2,1-2H3. The topological polar surface area (TPSA) is 76.3 Å². The molecule has 5 rings (SSSR count). The maximum atomic E-state index is 13.6. The average Bonchev–Trinajstić information content (AvgIpc) is 3.19. The molecule has 0 unspecified atom stereocenters. The van der Waals surface area contributed by atoms with Crippen LogP contribution in [0.25, 0.3) is 21.2 Å². The van der Waals surface area contributed by atoms with Crippen LogP contribution in [0.1, 0.15) is 27.2 Å². The summed E-state index contributed by atoms with van der Waals surface area (Å²) in [7, 11) is 0. The van der Waals surface area contributed by atoms with Gasteiger partial charge in [-0.2, -0.15) is 0 Å². The van der Waals surface area contributed by atoms with E-state index in [1.54, 1.807) is 30.5 Å². The zero-order chi connectivity index (χ0) is 22.2. The first-order valence-corrected chi connectivity index (χ1v) is 10.9. The summed E-state index contributed by atoms with van der Waals surface area (Å²) < 4.78 is 6.38. The number of carbonyl (C=O) groups is 1. The maximum absolute atomic E-state index is 13.6. The van der Waals surface area contributed by atoms with Crippen LogP contribution in [0.5, 0.6) is 0 Å². The van der Waals surface area contributed by atoms with E-state index in [0.717, 1.165) is 21.3 Å². The van der Waals surface area contributed by atoms with Crippen LogP contribution in [0.15, 0.2) is 76.1 Å². The molecule has 0 fully saturated rings. The van der Waals surface area contributed by atoms with Gasteiger partial charge in [-0.1, -0.05) is 35.6 Å². The molecule has 1 amide bonds. The van der Waals surface area contributed by atoms with Crippen LogP contribution in [0.2, 0.25) is 0 Å². The minimum Gasteiger partial charge on any atom is -0.422 e. The lowest BCUT2D eigenvalue weighted by atomic mass is 10.1. The Bertz CT molecular complexity index is 1480. The van der Waals surface area contributed by atoms with Gasteiger partial charge in [0.2, 0.25) is 0 Å². The fourth-order valence-corrected chi connectivity index (χ4v) is 4.56. The highest BCUT2D eigenvalue weighted by atomic mass is 32.1. The van der Waals surface area contributed by atoms with Crippen molar-refractivity contribution in [3.8, 4) is 0 Å². The molecule has 6 nitrogen and oxygen atoms in total.